The van der Waals surface area contributed by atoms with Crippen LogP contribution in [0.1, 0.15) is 35.8 Å². The lowest BCUT2D eigenvalue weighted by Gasteiger charge is -2.42. The molecule has 4 heterocycles. The molecular formula is C29H31F3N6O5. The second kappa shape index (κ2) is 12.1. The number of hydrogen-bond acceptors (Lipinski definition) is 8. The summed E-state index contributed by atoms with van der Waals surface area (Å²) in [6, 6.07) is 4.51. The minimum Gasteiger partial charge on any atom is -0.465 e. The molecule has 2 fully saturated rings. The molecule has 2 amide bonds. The first kappa shape index (κ1) is 30.2. The first-order chi connectivity index (χ1) is 20.5. The minimum atomic E-state index is -1.49. The van der Waals surface area contributed by atoms with Gasteiger partial charge in [0.1, 0.15) is 28.8 Å². The zero-order valence-electron chi connectivity index (χ0n) is 23.2. The number of rotatable bonds is 6. The Balaban J connectivity index is 1.39. The van der Waals surface area contributed by atoms with E-state index in [1.807, 2.05) is 11.8 Å². The Morgan fingerprint density at radius 3 is 2.44 bits per heavy atom. The van der Waals surface area contributed by atoms with Gasteiger partial charge in [0.15, 0.2) is 0 Å². The maximum absolute atomic E-state index is 15.3. The molecule has 11 nitrogen and oxygen atoms in total. The first-order valence-electron chi connectivity index (χ1n) is 13.7. The molecule has 3 aromatic rings. The van der Waals surface area contributed by atoms with Gasteiger partial charge in [0.05, 0.1) is 34.8 Å². The van der Waals surface area contributed by atoms with E-state index in [2.05, 4.69) is 20.6 Å². The van der Waals surface area contributed by atoms with E-state index >= 15 is 8.78 Å². The number of amides is 2. The maximum Gasteiger partial charge on any atom is 0.404 e. The summed E-state index contributed by atoms with van der Waals surface area (Å²) < 4.78 is 50.6. The first-order valence-corrected chi connectivity index (χ1v) is 13.7. The highest BCUT2D eigenvalue weighted by atomic mass is 19.1. The maximum atomic E-state index is 15.3. The van der Waals surface area contributed by atoms with Crippen molar-refractivity contribution >= 4 is 23.4 Å². The summed E-state index contributed by atoms with van der Waals surface area (Å²) in [5.74, 6) is -4.28. The number of halogens is 3. The predicted octanol–water partition coefficient (Wildman–Crippen LogP) is 3.23. The minimum absolute atomic E-state index is 0.00442. The number of anilines is 2. The van der Waals surface area contributed by atoms with Gasteiger partial charge in [-0.15, -0.1) is 0 Å². The van der Waals surface area contributed by atoms with Gasteiger partial charge in [-0.3, -0.25) is 9.78 Å². The van der Waals surface area contributed by atoms with Gasteiger partial charge in [0, 0.05) is 51.4 Å². The molecule has 0 unspecified atom stereocenters. The lowest BCUT2D eigenvalue weighted by Crippen LogP contribution is -2.61. The van der Waals surface area contributed by atoms with Crippen LogP contribution in [0.15, 0.2) is 42.7 Å². The molecular weight excluding hydrogens is 569 g/mol. The summed E-state index contributed by atoms with van der Waals surface area (Å²) >= 11 is 0. The summed E-state index contributed by atoms with van der Waals surface area (Å²) in [7, 11) is 0. The largest absolute Gasteiger partial charge is 0.465 e. The second-order valence-electron chi connectivity index (χ2n) is 10.9. The monoisotopic (exact) mass is 600 g/mol. The zero-order valence-corrected chi connectivity index (χ0v) is 23.2. The number of carbonyl (C=O) groups excluding carboxylic acids is 1. The van der Waals surface area contributed by atoms with Gasteiger partial charge in [-0.25, -0.2) is 22.9 Å². The summed E-state index contributed by atoms with van der Waals surface area (Å²) in [5.41, 5.74) is 3.82. The van der Waals surface area contributed by atoms with E-state index in [9.17, 15) is 19.1 Å². The molecule has 14 heteroatoms. The van der Waals surface area contributed by atoms with Crippen LogP contribution in [0.25, 0.3) is 11.3 Å². The van der Waals surface area contributed by atoms with Crippen LogP contribution in [0, 0.1) is 23.4 Å². The van der Waals surface area contributed by atoms with Gasteiger partial charge < -0.3 is 36.2 Å². The Morgan fingerprint density at radius 1 is 1.09 bits per heavy atom. The fourth-order valence-corrected chi connectivity index (χ4v) is 5.67. The van der Waals surface area contributed by atoms with Crippen molar-refractivity contribution in [3.8, 4) is 11.3 Å². The average molecular weight is 601 g/mol. The molecule has 2 aliphatic heterocycles. The fourth-order valence-electron chi connectivity index (χ4n) is 5.67. The molecule has 2 saturated heterocycles. The summed E-state index contributed by atoms with van der Waals surface area (Å²) in [6.07, 6.45) is 2.03. The van der Waals surface area contributed by atoms with Crippen LogP contribution in [0.3, 0.4) is 0 Å². The topological polar surface area (TPSA) is 163 Å². The molecule has 5 rings (SSSR count). The van der Waals surface area contributed by atoms with Crippen molar-refractivity contribution in [2.75, 3.05) is 36.5 Å². The number of nitrogens with two attached hydrogens (primary N) is 1. The molecule has 6 N–H and O–H groups in total. The van der Waals surface area contributed by atoms with E-state index in [1.54, 1.807) is 6.07 Å². The molecule has 0 aliphatic carbocycles. The number of pyridine rings is 2. The molecule has 2 aliphatic rings. The van der Waals surface area contributed by atoms with Crippen molar-refractivity contribution in [1.82, 2.24) is 15.3 Å². The number of ether oxygens (including phenoxy) is 1. The van der Waals surface area contributed by atoms with Crippen LogP contribution in [-0.4, -0.2) is 70.6 Å². The van der Waals surface area contributed by atoms with Gasteiger partial charge in [0.2, 0.25) is 0 Å². The quantitative estimate of drug-likeness (QED) is 0.286. The number of nitrogens with zero attached hydrogens (tertiary/aromatic N) is 3. The van der Waals surface area contributed by atoms with E-state index in [0.717, 1.165) is 24.3 Å². The van der Waals surface area contributed by atoms with Crippen LogP contribution in [0.5, 0.6) is 0 Å². The number of carboxylic acid groups (broad SMARTS) is 1. The van der Waals surface area contributed by atoms with Gasteiger partial charge >= 0.3 is 6.09 Å². The van der Waals surface area contributed by atoms with Gasteiger partial charge in [-0.1, -0.05) is 6.92 Å². The van der Waals surface area contributed by atoms with Crippen molar-refractivity contribution in [3.63, 3.8) is 0 Å². The van der Waals surface area contributed by atoms with Crippen molar-refractivity contribution in [1.29, 1.82) is 0 Å². The van der Waals surface area contributed by atoms with Crippen LogP contribution in [0.2, 0.25) is 0 Å². The second-order valence-corrected chi connectivity index (χ2v) is 10.9. The van der Waals surface area contributed by atoms with Gasteiger partial charge in [0.25, 0.3) is 5.91 Å². The highest BCUT2D eigenvalue weighted by molar-refractivity contribution is 6.04. The number of hydrogen-bond donors (Lipinski definition) is 5. The molecule has 0 radical (unpaired) electrons. The SMILES string of the molecule is C[C@H]1CN(c2ccncc2NC(=O)c2ccc(F)c(-c3c(F)cc(C4(O)CCOCC4)cc3F)n2)C[C@@H](N)[C@H]1NC(=O)O. The third kappa shape index (κ3) is 6.26. The third-order valence-electron chi connectivity index (χ3n) is 7.91. The predicted molar refractivity (Wildman–Crippen MR) is 150 cm³/mol. The van der Waals surface area contributed by atoms with Crippen LogP contribution in [0.4, 0.5) is 29.3 Å². The summed E-state index contributed by atoms with van der Waals surface area (Å²) in [6.45, 7) is 2.99. The number of carbonyl (C=O) groups is 2. The van der Waals surface area contributed by atoms with Crippen LogP contribution < -0.4 is 21.3 Å². The normalized spacial score (nSPS) is 21.7. The lowest BCUT2D eigenvalue weighted by atomic mass is 9.85. The Labute approximate surface area is 244 Å². The smallest absolute Gasteiger partial charge is 0.404 e. The number of piperidine rings is 1. The Morgan fingerprint density at radius 2 is 1.79 bits per heavy atom. The Kier molecular flexibility index (Phi) is 8.53. The van der Waals surface area contributed by atoms with E-state index in [0.29, 0.717) is 12.2 Å². The Hall–Kier alpha value is -4.27. The standard InChI is InChI=1S/C29H31F3N6O5/c1-15-13-38(14-20(33)25(15)37-28(40)41)23-4-7-34-12-22(23)36-27(39)21-3-2-17(30)26(35-21)24-18(31)10-16(11-19(24)32)29(42)5-8-43-9-6-29/h2-4,7,10-12,15,20,25,37,42H,5-6,8-9,13-14,33H2,1H3,(H,36,39)(H,40,41)/t15-,20+,25-/m0/s1. The number of benzene rings is 1. The summed E-state index contributed by atoms with van der Waals surface area (Å²) in [4.78, 5) is 34.3. The number of aliphatic hydroxyl groups is 1. The van der Waals surface area contributed by atoms with E-state index in [4.69, 9.17) is 15.6 Å². The highest BCUT2D eigenvalue weighted by Gasteiger charge is 2.35. The van der Waals surface area contributed by atoms with Crippen LogP contribution in [-0.2, 0) is 10.3 Å². The molecule has 228 valence electrons. The van der Waals surface area contributed by atoms with Gasteiger partial charge in [-0.2, -0.15) is 0 Å². The molecule has 2 aromatic heterocycles. The lowest BCUT2D eigenvalue weighted by molar-refractivity contribution is -0.0682. The van der Waals surface area contributed by atoms with E-state index in [1.165, 1.54) is 12.4 Å². The fraction of sp³-hybridized carbons (Fsp3) is 0.379. The molecule has 0 bridgehead atoms. The Bertz CT molecular complexity index is 1500. The number of nitrogens with one attached hydrogen (secondary N) is 2. The molecule has 0 saturated carbocycles. The summed E-state index contributed by atoms with van der Waals surface area (Å²) in [5, 5.41) is 25.1. The molecule has 1 aromatic carbocycles. The average Bonchev–Trinajstić information content (AvgIpc) is 2.96. The van der Waals surface area contributed by atoms with Gasteiger partial charge in [-0.05, 0) is 41.8 Å². The van der Waals surface area contributed by atoms with Crippen LogP contribution >= 0.6 is 0 Å². The molecule has 3 atom stereocenters. The van der Waals surface area contributed by atoms with Crippen molar-refractivity contribution in [3.05, 3.63) is 71.4 Å². The van der Waals surface area contributed by atoms with E-state index < -0.39 is 58.4 Å². The molecule has 0 spiro atoms. The number of aromatic nitrogens is 2. The highest BCUT2D eigenvalue weighted by Crippen LogP contribution is 2.36. The molecule has 43 heavy (non-hydrogen) atoms. The van der Waals surface area contributed by atoms with Crippen molar-refractivity contribution < 1.29 is 37.7 Å². The third-order valence-corrected chi connectivity index (χ3v) is 7.91. The van der Waals surface area contributed by atoms with E-state index in [-0.39, 0.29) is 55.5 Å². The van der Waals surface area contributed by atoms with Crippen molar-refractivity contribution in [2.45, 2.75) is 37.5 Å². The zero-order chi connectivity index (χ0) is 30.9. The van der Waals surface area contributed by atoms with Crippen molar-refractivity contribution in [2.24, 2.45) is 11.7 Å².